The van der Waals surface area contributed by atoms with Gasteiger partial charge in [-0.3, -0.25) is 4.79 Å². The molecular formula is C18H34N4O. The molecule has 0 aromatic rings. The molecule has 1 amide bonds. The second-order valence-electron chi connectivity index (χ2n) is 7.66. The highest BCUT2D eigenvalue weighted by atomic mass is 16.1. The van der Waals surface area contributed by atoms with Gasteiger partial charge in [0.25, 0.3) is 0 Å². The quantitative estimate of drug-likeness (QED) is 0.688. The minimum Gasteiger partial charge on any atom is -0.356 e. The van der Waals surface area contributed by atoms with Gasteiger partial charge in [-0.2, -0.15) is 0 Å². The number of rotatable bonds is 7. The van der Waals surface area contributed by atoms with Crippen molar-refractivity contribution in [3.8, 4) is 0 Å². The van der Waals surface area contributed by atoms with Crippen LogP contribution in [0.3, 0.4) is 0 Å². The zero-order valence-electron chi connectivity index (χ0n) is 14.7. The summed E-state index contributed by atoms with van der Waals surface area (Å²) in [6.07, 6.45) is 6.85. The molecule has 0 spiro atoms. The Hall–Kier alpha value is -0.650. The number of fused-ring (bicyclic) bond motifs is 2. The fourth-order valence-corrected chi connectivity index (χ4v) is 4.54. The normalized spacial score (nSPS) is 32.1. The smallest absolute Gasteiger partial charge is 0.220 e. The first-order valence-electron chi connectivity index (χ1n) is 9.70. The SMILES string of the molecule is CCN1CCN(CCCNC(=O)CC2CC3CCC(C2)N3)CC1. The molecule has 2 unspecified atom stereocenters. The molecule has 2 bridgehead atoms. The molecule has 0 aromatic carbocycles. The number of hydrogen-bond donors (Lipinski definition) is 2. The van der Waals surface area contributed by atoms with E-state index in [-0.39, 0.29) is 5.91 Å². The van der Waals surface area contributed by atoms with Crippen molar-refractivity contribution in [3.05, 3.63) is 0 Å². The largest absolute Gasteiger partial charge is 0.356 e. The number of piperazine rings is 1. The molecule has 0 saturated carbocycles. The number of nitrogens with one attached hydrogen (secondary N) is 2. The highest BCUT2D eigenvalue weighted by Gasteiger charge is 2.34. The summed E-state index contributed by atoms with van der Waals surface area (Å²) in [4.78, 5) is 17.2. The third-order valence-electron chi connectivity index (χ3n) is 5.93. The molecule has 3 fully saturated rings. The Morgan fingerprint density at radius 1 is 1.09 bits per heavy atom. The monoisotopic (exact) mass is 322 g/mol. The van der Waals surface area contributed by atoms with Crippen molar-refractivity contribution in [1.82, 2.24) is 20.4 Å². The summed E-state index contributed by atoms with van der Waals surface area (Å²) >= 11 is 0. The van der Waals surface area contributed by atoms with E-state index in [9.17, 15) is 4.79 Å². The predicted molar refractivity (Wildman–Crippen MR) is 93.5 cm³/mol. The van der Waals surface area contributed by atoms with Crippen LogP contribution in [0.1, 0.15) is 45.4 Å². The fourth-order valence-electron chi connectivity index (χ4n) is 4.54. The molecule has 3 aliphatic heterocycles. The molecule has 3 rings (SSSR count). The number of carbonyl (C=O) groups excluding carboxylic acids is 1. The topological polar surface area (TPSA) is 47.6 Å². The van der Waals surface area contributed by atoms with E-state index in [0.29, 0.717) is 18.0 Å². The summed E-state index contributed by atoms with van der Waals surface area (Å²) in [7, 11) is 0. The van der Waals surface area contributed by atoms with Crippen molar-refractivity contribution in [2.24, 2.45) is 5.92 Å². The van der Waals surface area contributed by atoms with E-state index in [1.807, 2.05) is 0 Å². The van der Waals surface area contributed by atoms with Crippen molar-refractivity contribution < 1.29 is 4.79 Å². The molecule has 2 N–H and O–H groups in total. The van der Waals surface area contributed by atoms with Crippen LogP contribution in [0.4, 0.5) is 0 Å². The Morgan fingerprint density at radius 3 is 2.39 bits per heavy atom. The molecule has 2 atom stereocenters. The number of piperidine rings is 1. The molecule has 5 nitrogen and oxygen atoms in total. The lowest BCUT2D eigenvalue weighted by Gasteiger charge is -2.34. The van der Waals surface area contributed by atoms with Gasteiger partial charge in [-0.05, 0) is 51.1 Å². The fraction of sp³-hybridized carbons (Fsp3) is 0.944. The highest BCUT2D eigenvalue weighted by molar-refractivity contribution is 5.76. The van der Waals surface area contributed by atoms with Crippen LogP contribution in [0.25, 0.3) is 0 Å². The van der Waals surface area contributed by atoms with Crippen molar-refractivity contribution in [1.29, 1.82) is 0 Å². The van der Waals surface area contributed by atoms with E-state index >= 15 is 0 Å². The van der Waals surface area contributed by atoms with Gasteiger partial charge in [0.1, 0.15) is 0 Å². The minimum absolute atomic E-state index is 0.270. The molecule has 0 aliphatic carbocycles. The molecule has 0 aromatic heterocycles. The van der Waals surface area contributed by atoms with Crippen LogP contribution in [-0.2, 0) is 4.79 Å². The molecule has 0 radical (unpaired) electrons. The second-order valence-corrected chi connectivity index (χ2v) is 7.66. The average Bonchev–Trinajstić information content (AvgIpc) is 2.91. The maximum Gasteiger partial charge on any atom is 0.220 e. The molecule has 132 valence electrons. The zero-order chi connectivity index (χ0) is 16.1. The van der Waals surface area contributed by atoms with E-state index in [2.05, 4.69) is 27.4 Å². The predicted octanol–water partition coefficient (Wildman–Crippen LogP) is 1.05. The summed E-state index contributed by atoms with van der Waals surface area (Å²) in [6, 6.07) is 1.38. The number of hydrogen-bond acceptors (Lipinski definition) is 4. The average molecular weight is 322 g/mol. The van der Waals surface area contributed by atoms with Gasteiger partial charge >= 0.3 is 0 Å². The van der Waals surface area contributed by atoms with E-state index < -0.39 is 0 Å². The van der Waals surface area contributed by atoms with Crippen LogP contribution in [0.2, 0.25) is 0 Å². The summed E-state index contributed by atoms with van der Waals surface area (Å²) < 4.78 is 0. The van der Waals surface area contributed by atoms with E-state index in [4.69, 9.17) is 0 Å². The lowest BCUT2D eigenvalue weighted by atomic mass is 9.89. The van der Waals surface area contributed by atoms with Crippen LogP contribution in [0.5, 0.6) is 0 Å². The van der Waals surface area contributed by atoms with Crippen LogP contribution >= 0.6 is 0 Å². The maximum atomic E-state index is 12.1. The van der Waals surface area contributed by atoms with Crippen molar-refractivity contribution in [2.45, 2.75) is 57.5 Å². The van der Waals surface area contributed by atoms with E-state index in [0.717, 1.165) is 25.9 Å². The Kier molecular flexibility index (Phi) is 6.31. The van der Waals surface area contributed by atoms with Gasteiger partial charge in [-0.15, -0.1) is 0 Å². The maximum absolute atomic E-state index is 12.1. The molecule has 3 saturated heterocycles. The number of carbonyl (C=O) groups is 1. The van der Waals surface area contributed by atoms with Crippen LogP contribution < -0.4 is 10.6 Å². The zero-order valence-corrected chi connectivity index (χ0v) is 14.7. The van der Waals surface area contributed by atoms with Crippen molar-refractivity contribution in [2.75, 3.05) is 45.8 Å². The Balaban J connectivity index is 1.24. The molecular weight excluding hydrogens is 288 g/mol. The minimum atomic E-state index is 0.270. The Bertz CT molecular complexity index is 369. The highest BCUT2D eigenvalue weighted by Crippen LogP contribution is 2.32. The lowest BCUT2D eigenvalue weighted by molar-refractivity contribution is -0.122. The van der Waals surface area contributed by atoms with Crippen LogP contribution in [-0.4, -0.2) is 73.6 Å². The summed E-state index contributed by atoms with van der Waals surface area (Å²) in [5.74, 6) is 0.878. The summed E-state index contributed by atoms with van der Waals surface area (Å²) in [5.41, 5.74) is 0. The summed E-state index contributed by atoms with van der Waals surface area (Å²) in [6.45, 7) is 10.1. The number of likely N-dealkylation sites (N-methyl/N-ethyl adjacent to an activating group) is 1. The van der Waals surface area contributed by atoms with E-state index in [1.165, 1.54) is 58.4 Å². The first kappa shape index (κ1) is 17.2. The van der Waals surface area contributed by atoms with Crippen molar-refractivity contribution >= 4 is 5.91 Å². The third-order valence-corrected chi connectivity index (χ3v) is 5.93. The number of amides is 1. The molecule has 23 heavy (non-hydrogen) atoms. The first-order valence-corrected chi connectivity index (χ1v) is 9.70. The first-order chi connectivity index (χ1) is 11.2. The molecule has 5 heteroatoms. The van der Waals surface area contributed by atoms with Gasteiger partial charge < -0.3 is 20.4 Å². The van der Waals surface area contributed by atoms with Crippen molar-refractivity contribution in [3.63, 3.8) is 0 Å². The van der Waals surface area contributed by atoms with Crippen LogP contribution in [0.15, 0.2) is 0 Å². The molecule has 3 heterocycles. The Morgan fingerprint density at radius 2 is 1.74 bits per heavy atom. The number of nitrogens with zero attached hydrogens (tertiary/aromatic N) is 2. The van der Waals surface area contributed by atoms with Crippen LogP contribution in [0, 0.1) is 5.92 Å². The van der Waals surface area contributed by atoms with Gasteiger partial charge in [-0.1, -0.05) is 6.92 Å². The van der Waals surface area contributed by atoms with Gasteiger partial charge in [0.15, 0.2) is 0 Å². The summed E-state index contributed by atoms with van der Waals surface area (Å²) in [5, 5.41) is 6.79. The third kappa shape index (κ3) is 5.16. The Labute approximate surface area is 141 Å². The lowest BCUT2D eigenvalue weighted by Crippen LogP contribution is -2.46. The van der Waals surface area contributed by atoms with Gasteiger partial charge in [-0.25, -0.2) is 0 Å². The van der Waals surface area contributed by atoms with E-state index in [1.54, 1.807) is 0 Å². The second kappa shape index (κ2) is 8.45. The molecule has 3 aliphatic rings. The van der Waals surface area contributed by atoms with Gasteiger partial charge in [0, 0.05) is 51.2 Å². The van der Waals surface area contributed by atoms with Gasteiger partial charge in [0.05, 0.1) is 0 Å². The van der Waals surface area contributed by atoms with Gasteiger partial charge in [0.2, 0.25) is 5.91 Å². The standard InChI is InChI=1S/C18H34N4O/c1-2-21-8-10-22(11-9-21)7-3-6-19-18(23)14-15-12-16-4-5-17(13-15)20-16/h15-17,20H,2-14H2,1H3,(H,19,23).